The van der Waals surface area contributed by atoms with Crippen LogP contribution in [0.15, 0.2) is 24.3 Å². The van der Waals surface area contributed by atoms with Crippen molar-refractivity contribution < 1.29 is 23.8 Å². The van der Waals surface area contributed by atoms with E-state index < -0.39 is 29.4 Å². The second-order valence-electron chi connectivity index (χ2n) is 5.33. The molecule has 2 N–H and O–H groups in total. The van der Waals surface area contributed by atoms with Gasteiger partial charge in [-0.15, -0.1) is 0 Å². The van der Waals surface area contributed by atoms with Gasteiger partial charge in [-0.2, -0.15) is 0 Å². The highest BCUT2D eigenvalue weighted by Crippen LogP contribution is 2.16. The number of carboxylic acid groups (broad SMARTS) is 1. The van der Waals surface area contributed by atoms with Gasteiger partial charge in [-0.25, -0.2) is 9.18 Å². The lowest BCUT2D eigenvalue weighted by Crippen LogP contribution is -2.36. The monoisotopic (exact) mass is 283 g/mol. The maximum atomic E-state index is 12.8. The Bertz CT molecular complexity index is 479. The predicted molar refractivity (Wildman–Crippen MR) is 71.0 cm³/mol. The molecule has 1 aromatic carbocycles. The fourth-order valence-corrected chi connectivity index (χ4v) is 1.54. The maximum absolute atomic E-state index is 12.8. The second-order valence-corrected chi connectivity index (χ2v) is 5.33. The number of alkyl carbamates (subject to hydrolysis) is 1. The van der Waals surface area contributed by atoms with Crippen LogP contribution < -0.4 is 5.32 Å². The van der Waals surface area contributed by atoms with Gasteiger partial charge in [0.05, 0.1) is 5.92 Å². The summed E-state index contributed by atoms with van der Waals surface area (Å²) in [5, 5.41) is 11.6. The zero-order chi connectivity index (χ0) is 15.3. The van der Waals surface area contributed by atoms with Crippen LogP contribution in [0.4, 0.5) is 9.18 Å². The summed E-state index contributed by atoms with van der Waals surface area (Å²) < 4.78 is 17.8. The van der Waals surface area contributed by atoms with E-state index in [2.05, 4.69) is 5.32 Å². The molecule has 0 bridgehead atoms. The number of benzene rings is 1. The molecule has 0 saturated heterocycles. The summed E-state index contributed by atoms with van der Waals surface area (Å²) in [6.45, 7) is 5.00. The minimum Gasteiger partial charge on any atom is -0.481 e. The summed E-state index contributed by atoms with van der Waals surface area (Å²) in [4.78, 5) is 22.7. The first-order valence-corrected chi connectivity index (χ1v) is 6.14. The Labute approximate surface area is 116 Å². The summed E-state index contributed by atoms with van der Waals surface area (Å²) in [5.41, 5.74) is -0.242. The van der Waals surface area contributed by atoms with Crippen LogP contribution in [0.1, 0.15) is 32.3 Å². The van der Waals surface area contributed by atoms with Crippen molar-refractivity contribution in [2.45, 2.75) is 32.3 Å². The van der Waals surface area contributed by atoms with Crippen LogP contribution in [0.25, 0.3) is 0 Å². The molecule has 0 saturated carbocycles. The Morgan fingerprint density at radius 1 is 1.30 bits per heavy atom. The third kappa shape index (κ3) is 5.26. The van der Waals surface area contributed by atoms with Crippen molar-refractivity contribution in [3.63, 3.8) is 0 Å². The van der Waals surface area contributed by atoms with Crippen LogP contribution in [0.3, 0.4) is 0 Å². The Balaban J connectivity index is 2.67. The number of carbonyl (C=O) groups excluding carboxylic acids is 1. The molecule has 1 atom stereocenters. The molecule has 5 nitrogen and oxygen atoms in total. The van der Waals surface area contributed by atoms with E-state index in [9.17, 15) is 14.0 Å². The van der Waals surface area contributed by atoms with Crippen LogP contribution in [0.5, 0.6) is 0 Å². The van der Waals surface area contributed by atoms with E-state index in [0.29, 0.717) is 5.56 Å². The molecule has 0 radical (unpaired) electrons. The fraction of sp³-hybridized carbons (Fsp3) is 0.429. The molecule has 20 heavy (non-hydrogen) atoms. The maximum Gasteiger partial charge on any atom is 0.407 e. The molecule has 0 spiro atoms. The predicted octanol–water partition coefficient (Wildman–Crippen LogP) is 2.52. The van der Waals surface area contributed by atoms with Gasteiger partial charge >= 0.3 is 12.1 Å². The first kappa shape index (κ1) is 15.9. The quantitative estimate of drug-likeness (QED) is 0.890. The number of halogens is 1. The Morgan fingerprint density at radius 3 is 2.30 bits per heavy atom. The molecule has 1 rings (SSSR count). The molecule has 0 unspecified atom stereocenters. The van der Waals surface area contributed by atoms with Crippen molar-refractivity contribution in [1.29, 1.82) is 0 Å². The van der Waals surface area contributed by atoms with E-state index >= 15 is 0 Å². The van der Waals surface area contributed by atoms with Crippen molar-refractivity contribution in [2.75, 3.05) is 6.54 Å². The van der Waals surface area contributed by atoms with Gasteiger partial charge in [0.25, 0.3) is 0 Å². The summed E-state index contributed by atoms with van der Waals surface area (Å²) in [6, 6.07) is 5.12. The minimum atomic E-state index is -1.10. The molecule has 6 heteroatoms. The molecule has 1 amide bonds. The number of aliphatic carboxylic acids is 1. The normalized spacial score (nSPS) is 12.6. The average molecular weight is 283 g/mol. The molecular weight excluding hydrogens is 265 g/mol. The number of carbonyl (C=O) groups is 2. The van der Waals surface area contributed by atoms with Gasteiger partial charge in [0.2, 0.25) is 0 Å². The number of amides is 1. The topological polar surface area (TPSA) is 75.6 Å². The lowest BCUT2D eigenvalue weighted by atomic mass is 9.99. The number of hydrogen-bond donors (Lipinski definition) is 2. The Kier molecular flexibility index (Phi) is 5.07. The summed E-state index contributed by atoms with van der Waals surface area (Å²) >= 11 is 0. The van der Waals surface area contributed by atoms with Gasteiger partial charge in [-0.05, 0) is 38.5 Å². The van der Waals surface area contributed by atoms with Crippen LogP contribution >= 0.6 is 0 Å². The zero-order valence-electron chi connectivity index (χ0n) is 11.6. The van der Waals surface area contributed by atoms with Gasteiger partial charge in [0.1, 0.15) is 11.4 Å². The zero-order valence-corrected chi connectivity index (χ0v) is 11.6. The van der Waals surface area contributed by atoms with Gasteiger partial charge in [-0.1, -0.05) is 12.1 Å². The molecule has 0 aliphatic carbocycles. The van der Waals surface area contributed by atoms with E-state index in [1.807, 2.05) is 0 Å². The fourth-order valence-electron chi connectivity index (χ4n) is 1.54. The van der Waals surface area contributed by atoms with Gasteiger partial charge in [0.15, 0.2) is 0 Å². The Hall–Kier alpha value is -2.11. The molecule has 110 valence electrons. The number of rotatable bonds is 4. The van der Waals surface area contributed by atoms with Crippen molar-refractivity contribution in [3.8, 4) is 0 Å². The standard InChI is InChI=1S/C14H18FNO4/c1-14(2,3)20-13(19)16-8-11(12(17)18)9-4-6-10(15)7-5-9/h4-7,11H,8H2,1-3H3,(H,16,19)(H,17,18)/t11-/m1/s1. The van der Waals surface area contributed by atoms with Gasteiger partial charge in [-0.3, -0.25) is 4.79 Å². The van der Waals surface area contributed by atoms with Gasteiger partial charge in [0, 0.05) is 6.54 Å². The van der Waals surface area contributed by atoms with Crippen molar-refractivity contribution >= 4 is 12.1 Å². The highest BCUT2D eigenvalue weighted by atomic mass is 19.1. The summed E-state index contributed by atoms with van der Waals surface area (Å²) in [5.74, 6) is -2.51. The molecule has 0 aromatic heterocycles. The minimum absolute atomic E-state index is 0.129. The third-order valence-electron chi connectivity index (χ3n) is 2.42. The molecule has 0 heterocycles. The lowest BCUT2D eigenvalue weighted by Gasteiger charge is -2.21. The highest BCUT2D eigenvalue weighted by molar-refractivity contribution is 5.77. The van der Waals surface area contributed by atoms with Crippen molar-refractivity contribution in [2.24, 2.45) is 0 Å². The van der Waals surface area contributed by atoms with Crippen molar-refractivity contribution in [1.82, 2.24) is 5.32 Å². The SMILES string of the molecule is CC(C)(C)OC(=O)NC[C@@H](C(=O)O)c1ccc(F)cc1. The molecular formula is C14H18FNO4. The van der Waals surface area contributed by atoms with Crippen LogP contribution in [-0.2, 0) is 9.53 Å². The first-order chi connectivity index (χ1) is 9.19. The highest BCUT2D eigenvalue weighted by Gasteiger charge is 2.22. The number of hydrogen-bond acceptors (Lipinski definition) is 3. The van der Waals surface area contributed by atoms with E-state index in [4.69, 9.17) is 9.84 Å². The lowest BCUT2D eigenvalue weighted by molar-refractivity contribution is -0.138. The smallest absolute Gasteiger partial charge is 0.407 e. The number of nitrogens with one attached hydrogen (secondary N) is 1. The van der Waals surface area contributed by atoms with Crippen molar-refractivity contribution in [3.05, 3.63) is 35.6 Å². The van der Waals surface area contributed by atoms with E-state index in [-0.39, 0.29) is 6.54 Å². The summed E-state index contributed by atoms with van der Waals surface area (Å²) in [6.07, 6.45) is -0.689. The average Bonchev–Trinajstić information content (AvgIpc) is 2.29. The number of ether oxygens (including phenoxy) is 1. The van der Waals surface area contributed by atoms with E-state index in [1.54, 1.807) is 20.8 Å². The molecule has 0 aliphatic heterocycles. The van der Waals surface area contributed by atoms with Crippen LogP contribution in [0.2, 0.25) is 0 Å². The molecule has 0 fully saturated rings. The Morgan fingerprint density at radius 2 is 1.85 bits per heavy atom. The first-order valence-electron chi connectivity index (χ1n) is 6.14. The van der Waals surface area contributed by atoms with E-state index in [0.717, 1.165) is 0 Å². The molecule has 0 aliphatic rings. The largest absolute Gasteiger partial charge is 0.481 e. The van der Waals surface area contributed by atoms with Crippen LogP contribution in [-0.4, -0.2) is 29.3 Å². The van der Waals surface area contributed by atoms with E-state index in [1.165, 1.54) is 24.3 Å². The number of carboxylic acids is 1. The molecule has 1 aromatic rings. The third-order valence-corrected chi connectivity index (χ3v) is 2.42. The van der Waals surface area contributed by atoms with Crippen LogP contribution in [0, 0.1) is 5.82 Å². The summed E-state index contributed by atoms with van der Waals surface area (Å²) in [7, 11) is 0. The second kappa shape index (κ2) is 6.36. The van der Waals surface area contributed by atoms with Gasteiger partial charge < -0.3 is 15.2 Å².